The monoisotopic (exact) mass is 358 g/mol. The molecule has 0 bridgehead atoms. The molecule has 2 N–H and O–H groups in total. The molecule has 0 aliphatic carbocycles. The van der Waals surface area contributed by atoms with Gasteiger partial charge in [-0.2, -0.15) is 13.2 Å². The third-order valence-electron chi connectivity index (χ3n) is 3.08. The highest BCUT2D eigenvalue weighted by Crippen LogP contribution is 2.32. The molecule has 0 unspecified atom stereocenters. The summed E-state index contributed by atoms with van der Waals surface area (Å²) >= 11 is 0. The lowest BCUT2D eigenvalue weighted by atomic mass is 10.1. The summed E-state index contributed by atoms with van der Waals surface area (Å²) < 4.78 is 65.2. The van der Waals surface area contributed by atoms with E-state index in [1.807, 2.05) is 5.32 Å². The van der Waals surface area contributed by atoms with Crippen LogP contribution in [0, 0.1) is 11.6 Å². The molecular weight excluding hydrogens is 347 g/mol. The van der Waals surface area contributed by atoms with Crippen LogP contribution >= 0.6 is 0 Å². The van der Waals surface area contributed by atoms with Crippen molar-refractivity contribution >= 4 is 23.2 Å². The summed E-state index contributed by atoms with van der Waals surface area (Å²) in [7, 11) is 0. The van der Waals surface area contributed by atoms with Crippen molar-refractivity contribution in [2.45, 2.75) is 13.1 Å². The van der Waals surface area contributed by atoms with Crippen LogP contribution in [0.3, 0.4) is 0 Å². The van der Waals surface area contributed by atoms with E-state index < -0.39 is 40.9 Å². The highest BCUT2D eigenvalue weighted by molar-refractivity contribution is 6.05. The first-order chi connectivity index (χ1) is 11.6. The maximum absolute atomic E-state index is 13.7. The lowest BCUT2D eigenvalue weighted by molar-refractivity contribution is -0.137. The zero-order valence-electron chi connectivity index (χ0n) is 12.7. The van der Waals surface area contributed by atoms with Gasteiger partial charge in [-0.3, -0.25) is 9.59 Å². The number of rotatable bonds is 3. The molecule has 0 saturated carbocycles. The van der Waals surface area contributed by atoms with Crippen LogP contribution in [0.25, 0.3) is 0 Å². The van der Waals surface area contributed by atoms with Crippen LogP contribution in [0.5, 0.6) is 0 Å². The molecule has 0 aromatic heterocycles. The van der Waals surface area contributed by atoms with Gasteiger partial charge in [0.05, 0.1) is 16.9 Å². The Labute approximate surface area is 138 Å². The number of hydrogen-bond acceptors (Lipinski definition) is 2. The molecule has 25 heavy (non-hydrogen) atoms. The van der Waals surface area contributed by atoms with Gasteiger partial charge in [-0.05, 0) is 36.4 Å². The summed E-state index contributed by atoms with van der Waals surface area (Å²) in [6, 6.07) is 4.48. The zero-order chi connectivity index (χ0) is 18.8. The number of amides is 2. The van der Waals surface area contributed by atoms with E-state index in [0.29, 0.717) is 18.2 Å². The first-order valence-corrected chi connectivity index (χ1v) is 6.83. The minimum absolute atomic E-state index is 0.179. The van der Waals surface area contributed by atoms with Crippen LogP contribution in [0.1, 0.15) is 22.8 Å². The number of anilines is 2. The summed E-state index contributed by atoms with van der Waals surface area (Å²) in [5.41, 5.74) is -2.28. The molecule has 0 spiro atoms. The summed E-state index contributed by atoms with van der Waals surface area (Å²) in [5.74, 6) is -3.42. The van der Waals surface area contributed by atoms with E-state index >= 15 is 0 Å². The Morgan fingerprint density at radius 2 is 1.44 bits per heavy atom. The number of nitrogens with one attached hydrogen (secondary N) is 2. The summed E-state index contributed by atoms with van der Waals surface area (Å²) in [6.45, 7) is 1.13. The van der Waals surface area contributed by atoms with Crippen molar-refractivity contribution in [1.82, 2.24) is 0 Å². The van der Waals surface area contributed by atoms with Crippen molar-refractivity contribution in [3.05, 3.63) is 59.2 Å². The fraction of sp³-hybridized carbons (Fsp3) is 0.125. The van der Waals surface area contributed by atoms with Gasteiger partial charge in [-0.15, -0.1) is 0 Å². The zero-order valence-corrected chi connectivity index (χ0v) is 12.7. The van der Waals surface area contributed by atoms with E-state index in [4.69, 9.17) is 0 Å². The fourth-order valence-electron chi connectivity index (χ4n) is 1.94. The lowest BCUT2D eigenvalue weighted by Gasteiger charge is -2.12. The Morgan fingerprint density at radius 3 is 2.00 bits per heavy atom. The third-order valence-corrected chi connectivity index (χ3v) is 3.08. The number of carbonyl (C=O) groups is 2. The number of halogens is 5. The van der Waals surface area contributed by atoms with Gasteiger partial charge < -0.3 is 10.6 Å². The standard InChI is InChI=1S/C16H11F5N2O2/c1-8(24)22-13-6-9(2-4-11(13)17)15(25)23-14-7-10(16(19,20)21)3-5-12(14)18/h2-7H,1H3,(H,22,24)(H,23,25). The summed E-state index contributed by atoms with van der Waals surface area (Å²) in [4.78, 5) is 23.1. The van der Waals surface area contributed by atoms with Gasteiger partial charge in [-0.1, -0.05) is 0 Å². The third kappa shape index (κ3) is 4.52. The largest absolute Gasteiger partial charge is 0.416 e. The van der Waals surface area contributed by atoms with Crippen LogP contribution in [-0.4, -0.2) is 11.8 Å². The molecule has 0 atom stereocenters. The smallest absolute Gasteiger partial charge is 0.324 e. The first kappa shape index (κ1) is 18.4. The van der Waals surface area contributed by atoms with E-state index in [9.17, 15) is 31.5 Å². The van der Waals surface area contributed by atoms with E-state index in [1.165, 1.54) is 0 Å². The van der Waals surface area contributed by atoms with Gasteiger partial charge in [0.1, 0.15) is 11.6 Å². The molecule has 0 aliphatic heterocycles. The molecule has 0 fully saturated rings. The molecule has 2 amide bonds. The van der Waals surface area contributed by atoms with Crippen LogP contribution in [0.4, 0.5) is 33.3 Å². The molecule has 2 aromatic carbocycles. The molecule has 132 valence electrons. The normalized spacial score (nSPS) is 11.1. The SMILES string of the molecule is CC(=O)Nc1cc(C(=O)Nc2cc(C(F)(F)F)ccc2F)ccc1F. The molecule has 0 saturated heterocycles. The second-order valence-electron chi connectivity index (χ2n) is 5.02. The van der Waals surface area contributed by atoms with E-state index in [0.717, 1.165) is 25.1 Å². The lowest BCUT2D eigenvalue weighted by Crippen LogP contribution is -2.15. The van der Waals surface area contributed by atoms with Gasteiger partial charge in [-0.25, -0.2) is 8.78 Å². The molecule has 0 radical (unpaired) electrons. The topological polar surface area (TPSA) is 58.2 Å². The van der Waals surface area contributed by atoms with Gasteiger partial charge in [0.15, 0.2) is 0 Å². The predicted molar refractivity (Wildman–Crippen MR) is 80.1 cm³/mol. The van der Waals surface area contributed by atoms with Gasteiger partial charge in [0.2, 0.25) is 5.91 Å². The molecular formula is C16H11F5N2O2. The van der Waals surface area contributed by atoms with E-state index in [-0.39, 0.29) is 11.3 Å². The fourth-order valence-corrected chi connectivity index (χ4v) is 1.94. The van der Waals surface area contributed by atoms with Crippen LogP contribution < -0.4 is 10.6 Å². The van der Waals surface area contributed by atoms with Crippen molar-refractivity contribution < 1.29 is 31.5 Å². The average Bonchev–Trinajstić information content (AvgIpc) is 2.50. The number of benzene rings is 2. The highest BCUT2D eigenvalue weighted by atomic mass is 19.4. The molecule has 0 aliphatic rings. The van der Waals surface area contributed by atoms with Crippen molar-refractivity contribution in [2.24, 2.45) is 0 Å². The summed E-state index contributed by atoms with van der Waals surface area (Å²) in [5, 5.41) is 4.15. The maximum Gasteiger partial charge on any atom is 0.416 e. The first-order valence-electron chi connectivity index (χ1n) is 6.83. The second kappa shape index (κ2) is 6.88. The Bertz CT molecular complexity index is 834. The Balaban J connectivity index is 2.30. The van der Waals surface area contributed by atoms with Gasteiger partial charge in [0.25, 0.3) is 5.91 Å². The van der Waals surface area contributed by atoms with Crippen LogP contribution in [0.15, 0.2) is 36.4 Å². The number of hydrogen-bond donors (Lipinski definition) is 2. The average molecular weight is 358 g/mol. The van der Waals surface area contributed by atoms with Crippen molar-refractivity contribution in [3.8, 4) is 0 Å². The molecule has 0 heterocycles. The van der Waals surface area contributed by atoms with Gasteiger partial charge in [0, 0.05) is 12.5 Å². The van der Waals surface area contributed by atoms with E-state index in [1.54, 1.807) is 0 Å². The maximum atomic E-state index is 13.7. The van der Waals surface area contributed by atoms with Crippen molar-refractivity contribution in [2.75, 3.05) is 10.6 Å². The second-order valence-corrected chi connectivity index (χ2v) is 5.02. The van der Waals surface area contributed by atoms with E-state index in [2.05, 4.69) is 5.32 Å². The quantitative estimate of drug-likeness (QED) is 0.808. The van der Waals surface area contributed by atoms with Gasteiger partial charge >= 0.3 is 6.18 Å². The van der Waals surface area contributed by atoms with Crippen LogP contribution in [-0.2, 0) is 11.0 Å². The predicted octanol–water partition coefficient (Wildman–Crippen LogP) is 4.19. The van der Waals surface area contributed by atoms with Crippen LogP contribution in [0.2, 0.25) is 0 Å². The number of carbonyl (C=O) groups excluding carboxylic acids is 2. The Hall–Kier alpha value is -2.97. The van der Waals surface area contributed by atoms with Crippen molar-refractivity contribution in [3.63, 3.8) is 0 Å². The molecule has 9 heteroatoms. The Kier molecular flexibility index (Phi) is 5.05. The van der Waals surface area contributed by atoms with Crippen molar-refractivity contribution in [1.29, 1.82) is 0 Å². The summed E-state index contributed by atoms with van der Waals surface area (Å²) in [6.07, 6.45) is -4.71. The number of alkyl halides is 3. The highest BCUT2D eigenvalue weighted by Gasteiger charge is 2.31. The minimum Gasteiger partial charge on any atom is -0.324 e. The minimum atomic E-state index is -4.71. The molecule has 4 nitrogen and oxygen atoms in total. The molecule has 2 aromatic rings. The Morgan fingerprint density at radius 1 is 0.880 bits per heavy atom. The molecule has 2 rings (SSSR count).